The first-order valence-corrected chi connectivity index (χ1v) is 23.7. The van der Waals surface area contributed by atoms with Crippen molar-refractivity contribution in [1.29, 1.82) is 0 Å². The second kappa shape index (κ2) is 17.9. The Morgan fingerprint density at radius 2 is 0.657 bits per heavy atom. The van der Waals surface area contributed by atoms with Crippen molar-refractivity contribution in [2.45, 2.75) is 25.7 Å². The Labute approximate surface area is 408 Å². The summed E-state index contributed by atoms with van der Waals surface area (Å²) in [7, 11) is 0. The molecule has 12 rings (SSSR count). The molecular weight excluding hydrogens is 853 g/mol. The van der Waals surface area contributed by atoms with Gasteiger partial charge in [-0.15, -0.1) is 0 Å². The normalized spacial score (nSPS) is 12.5. The molecule has 0 amide bonds. The van der Waals surface area contributed by atoms with Gasteiger partial charge in [0.05, 0.1) is 0 Å². The van der Waals surface area contributed by atoms with Gasteiger partial charge < -0.3 is 0 Å². The molecule has 0 radical (unpaired) electrons. The van der Waals surface area contributed by atoms with Crippen LogP contribution in [0.1, 0.15) is 25.0 Å². The van der Waals surface area contributed by atoms with Crippen molar-refractivity contribution in [2.75, 3.05) is 0 Å². The Morgan fingerprint density at radius 3 is 1.23 bits per heavy atom. The van der Waals surface area contributed by atoms with Gasteiger partial charge in [-0.1, -0.05) is 238 Å². The van der Waals surface area contributed by atoms with Gasteiger partial charge in [0.2, 0.25) is 0 Å². The lowest BCUT2D eigenvalue weighted by atomic mass is 9.72. The zero-order valence-electron chi connectivity index (χ0n) is 38.8. The van der Waals surface area contributed by atoms with E-state index in [1.807, 2.05) is 84.9 Å². The number of rotatable bonds is 7. The molecule has 9 aromatic carbocycles. The van der Waals surface area contributed by atoms with Crippen LogP contribution < -0.4 is 0 Å². The third-order valence-electron chi connectivity index (χ3n) is 13.4. The predicted octanol–water partition coefficient (Wildman–Crippen LogP) is 15.6. The van der Waals surface area contributed by atoms with E-state index >= 15 is 0 Å². The fourth-order valence-electron chi connectivity index (χ4n) is 9.92. The summed E-state index contributed by atoms with van der Waals surface area (Å²) in [6.07, 6.45) is 0.838. The summed E-state index contributed by atoms with van der Waals surface area (Å²) in [5, 5.41) is 0. The molecule has 332 valence electrons. The maximum absolute atomic E-state index is 5.42. The molecule has 1 aliphatic rings. The first-order valence-electron chi connectivity index (χ1n) is 23.7. The quantitative estimate of drug-likeness (QED) is 0.159. The van der Waals surface area contributed by atoms with Crippen molar-refractivity contribution in [3.05, 3.63) is 242 Å². The molecule has 70 heavy (non-hydrogen) atoms. The molecule has 2 heterocycles. The predicted molar refractivity (Wildman–Crippen MR) is 284 cm³/mol. The van der Waals surface area contributed by atoms with Crippen molar-refractivity contribution < 1.29 is 0 Å². The van der Waals surface area contributed by atoms with E-state index in [0.717, 1.165) is 78.7 Å². The van der Waals surface area contributed by atoms with Crippen LogP contribution >= 0.6 is 0 Å². The van der Waals surface area contributed by atoms with Gasteiger partial charge >= 0.3 is 0 Å². The molecule has 1 aliphatic carbocycles. The first kappa shape index (κ1) is 42.4. The molecular formula is C64H46N6. The summed E-state index contributed by atoms with van der Waals surface area (Å²) in [5.74, 6) is 3.55. The second-order valence-electron chi connectivity index (χ2n) is 18.4. The minimum Gasteiger partial charge on any atom is -0.208 e. The van der Waals surface area contributed by atoms with E-state index in [9.17, 15) is 0 Å². The molecule has 2 aromatic heterocycles. The number of benzene rings is 9. The molecule has 0 saturated heterocycles. The van der Waals surface area contributed by atoms with Crippen LogP contribution in [-0.4, -0.2) is 29.9 Å². The Hall–Kier alpha value is -9.00. The topological polar surface area (TPSA) is 77.3 Å². The van der Waals surface area contributed by atoms with Crippen LogP contribution in [0.4, 0.5) is 0 Å². The number of aromatic nitrogens is 6. The Kier molecular flexibility index (Phi) is 10.8. The molecule has 6 nitrogen and oxygen atoms in total. The minimum atomic E-state index is -0.225. The van der Waals surface area contributed by atoms with Gasteiger partial charge in [-0.3, -0.25) is 0 Å². The zero-order valence-corrected chi connectivity index (χ0v) is 38.8. The maximum Gasteiger partial charge on any atom is 0.164 e. The molecule has 0 aliphatic heterocycles. The molecule has 0 bridgehead atoms. The number of hydrogen-bond donors (Lipinski definition) is 0. The SMILES string of the molecule is CC1(C)Cc2ccccc2-c2ccc(-c3nc(-c4ccccc4)nc(-c4ccccc4)n3)cc2-c2c(-c3nc(-c4ccccc4)nc(-c4ccc(-c5ccccc5)cc4)n3)cccc2-c2ccccc21. The highest BCUT2D eigenvalue weighted by molar-refractivity contribution is 6.01. The fraction of sp³-hybridized carbons (Fsp3) is 0.0625. The van der Waals surface area contributed by atoms with Gasteiger partial charge in [-0.25, -0.2) is 29.9 Å². The molecule has 0 fully saturated rings. The summed E-state index contributed by atoms with van der Waals surface area (Å²) in [6.45, 7) is 4.72. The lowest BCUT2D eigenvalue weighted by molar-refractivity contribution is 0.524. The van der Waals surface area contributed by atoms with E-state index in [2.05, 4.69) is 159 Å². The van der Waals surface area contributed by atoms with Gasteiger partial charge in [-0.05, 0) is 68.0 Å². The average Bonchev–Trinajstić information content (AvgIpc) is 3.43. The number of hydrogen-bond acceptors (Lipinski definition) is 6. The standard InChI is InChI=1S/C64H46N6/c1-64(2)41-49-28-15-16-29-50(49)51-39-38-48(62-67-58(44-22-9-4-10-23-44)65-59(68-62)45-24-11-5-12-25-45)40-55(51)57-53(52-30-17-18-33-56(52)64)31-19-32-54(57)63-69-60(46-26-13-6-14-27-46)66-61(70-63)47-36-34-43(35-37-47)42-20-7-3-8-21-42/h3-40H,41H2,1-2H3. The average molecular weight is 899 g/mol. The number of nitrogens with zero attached hydrogens (tertiary/aromatic N) is 6. The summed E-state index contributed by atoms with van der Waals surface area (Å²) in [6, 6.07) is 80.3. The molecule has 0 N–H and O–H groups in total. The molecule has 0 spiro atoms. The zero-order chi connectivity index (χ0) is 47.0. The van der Waals surface area contributed by atoms with Crippen LogP contribution in [0.2, 0.25) is 0 Å². The maximum atomic E-state index is 5.42. The summed E-state index contributed by atoms with van der Waals surface area (Å²) in [4.78, 5) is 31.5. The largest absolute Gasteiger partial charge is 0.208 e. The molecule has 6 heteroatoms. The van der Waals surface area contributed by atoms with Crippen molar-refractivity contribution >= 4 is 0 Å². The fourth-order valence-corrected chi connectivity index (χ4v) is 9.92. The van der Waals surface area contributed by atoms with Crippen molar-refractivity contribution in [1.82, 2.24) is 29.9 Å². The van der Waals surface area contributed by atoms with Crippen LogP contribution in [0.15, 0.2) is 231 Å². The highest BCUT2D eigenvalue weighted by atomic mass is 15.0. The van der Waals surface area contributed by atoms with Crippen LogP contribution in [0.25, 0.3) is 113 Å². The smallest absolute Gasteiger partial charge is 0.164 e. The van der Waals surface area contributed by atoms with Gasteiger partial charge in [0.25, 0.3) is 0 Å². The van der Waals surface area contributed by atoms with E-state index in [4.69, 9.17) is 29.9 Å². The highest BCUT2D eigenvalue weighted by Gasteiger charge is 2.31. The van der Waals surface area contributed by atoms with Crippen molar-refractivity contribution in [3.63, 3.8) is 0 Å². The van der Waals surface area contributed by atoms with E-state index in [1.165, 1.54) is 16.7 Å². The molecule has 11 aromatic rings. The summed E-state index contributed by atoms with van der Waals surface area (Å²) >= 11 is 0. The van der Waals surface area contributed by atoms with Crippen LogP contribution in [-0.2, 0) is 11.8 Å². The van der Waals surface area contributed by atoms with Gasteiger partial charge in [-0.2, -0.15) is 0 Å². The lowest BCUT2D eigenvalue weighted by Crippen LogP contribution is -2.22. The lowest BCUT2D eigenvalue weighted by Gasteiger charge is -2.32. The third kappa shape index (κ3) is 8.05. The Morgan fingerprint density at radius 1 is 0.271 bits per heavy atom. The second-order valence-corrected chi connectivity index (χ2v) is 18.4. The third-order valence-corrected chi connectivity index (χ3v) is 13.4. The minimum absolute atomic E-state index is 0.225. The van der Waals surface area contributed by atoms with Crippen molar-refractivity contribution in [2.24, 2.45) is 0 Å². The van der Waals surface area contributed by atoms with Crippen LogP contribution in [0, 0.1) is 0 Å². The molecule has 0 atom stereocenters. The van der Waals surface area contributed by atoms with Crippen LogP contribution in [0.5, 0.6) is 0 Å². The highest BCUT2D eigenvalue weighted by Crippen LogP contribution is 2.49. The number of fused-ring (bicyclic) bond motifs is 7. The van der Waals surface area contributed by atoms with E-state index in [0.29, 0.717) is 34.9 Å². The van der Waals surface area contributed by atoms with E-state index in [-0.39, 0.29) is 5.41 Å². The monoisotopic (exact) mass is 898 g/mol. The van der Waals surface area contributed by atoms with E-state index in [1.54, 1.807) is 0 Å². The van der Waals surface area contributed by atoms with E-state index < -0.39 is 0 Å². The summed E-state index contributed by atoms with van der Waals surface area (Å²) < 4.78 is 0. The van der Waals surface area contributed by atoms with Gasteiger partial charge in [0.15, 0.2) is 34.9 Å². The first-order chi connectivity index (χ1) is 34.4. The van der Waals surface area contributed by atoms with Gasteiger partial charge in [0.1, 0.15) is 0 Å². The Bertz CT molecular complexity index is 3630. The van der Waals surface area contributed by atoms with Gasteiger partial charge in [0, 0.05) is 38.9 Å². The molecule has 0 saturated carbocycles. The Balaban J connectivity index is 1.15. The van der Waals surface area contributed by atoms with Crippen molar-refractivity contribution in [3.8, 4) is 113 Å². The summed E-state index contributed by atoms with van der Waals surface area (Å²) in [5.41, 5.74) is 16.5. The van der Waals surface area contributed by atoms with Crippen LogP contribution in [0.3, 0.4) is 0 Å². The molecule has 0 unspecified atom stereocenters.